The average molecular weight is 206 g/mol. The van der Waals surface area contributed by atoms with Crippen molar-refractivity contribution in [3.63, 3.8) is 0 Å². The largest absolute Gasteiger partial charge is 0.427 e. The second-order valence-electron chi connectivity index (χ2n) is 2.31. The van der Waals surface area contributed by atoms with Crippen LogP contribution in [-0.2, 0) is 0 Å². The number of nitro groups is 1. The van der Waals surface area contributed by atoms with Crippen LogP contribution in [0.1, 0.15) is 5.69 Å². The van der Waals surface area contributed by atoms with Crippen LogP contribution in [0.3, 0.4) is 0 Å². The summed E-state index contributed by atoms with van der Waals surface area (Å²) in [5.41, 5.74) is -0.237. The van der Waals surface area contributed by atoms with Crippen LogP contribution in [0.2, 0.25) is 0 Å². The summed E-state index contributed by atoms with van der Waals surface area (Å²) in [5.74, 6) is 0. The van der Waals surface area contributed by atoms with Gasteiger partial charge in [-0.1, -0.05) is 0 Å². The lowest BCUT2D eigenvalue weighted by Gasteiger charge is -2.00. The van der Waals surface area contributed by atoms with Crippen molar-refractivity contribution in [3.05, 3.63) is 33.4 Å². The van der Waals surface area contributed by atoms with Crippen molar-refractivity contribution < 1.29 is 10.1 Å². The molecule has 0 saturated carbocycles. The van der Waals surface area contributed by atoms with Crippen molar-refractivity contribution in [2.45, 2.75) is 6.92 Å². The lowest BCUT2D eigenvalue weighted by molar-refractivity contribution is -0.385. The summed E-state index contributed by atoms with van der Waals surface area (Å²) in [6.07, 6.45) is 0. The Hall–Kier alpha value is -1.56. The third-order valence-electron chi connectivity index (χ3n) is 1.41. The number of pyridine rings is 1. The number of hydrogen-bond donors (Lipinski definition) is 2. The molecule has 0 spiro atoms. The first-order valence-corrected chi connectivity index (χ1v) is 3.14. The Bertz CT molecular complexity index is 387. The fraction of sp³-hybridized carbons (Fsp3) is 0.167. The van der Waals surface area contributed by atoms with E-state index in [2.05, 4.69) is 0 Å². The van der Waals surface area contributed by atoms with E-state index >= 15 is 0 Å². The van der Waals surface area contributed by atoms with Crippen molar-refractivity contribution in [2.75, 3.05) is 0 Å². The van der Waals surface area contributed by atoms with E-state index in [4.69, 9.17) is 10.6 Å². The van der Waals surface area contributed by atoms with Gasteiger partial charge in [-0.15, -0.1) is 12.4 Å². The molecule has 0 aromatic carbocycles. The second kappa shape index (κ2) is 3.90. The normalized spacial score (nSPS) is 9.00. The van der Waals surface area contributed by atoms with Crippen molar-refractivity contribution in [2.24, 2.45) is 0 Å². The fourth-order valence-electron chi connectivity index (χ4n) is 0.813. The highest BCUT2D eigenvalue weighted by Crippen LogP contribution is 2.07. The molecule has 0 fully saturated rings. The van der Waals surface area contributed by atoms with Gasteiger partial charge in [0.05, 0.1) is 16.7 Å². The highest BCUT2D eigenvalue weighted by molar-refractivity contribution is 5.85. The third kappa shape index (κ3) is 2.19. The summed E-state index contributed by atoms with van der Waals surface area (Å²) in [7, 11) is 0. The van der Waals surface area contributed by atoms with Crippen molar-refractivity contribution >= 4 is 18.1 Å². The van der Waals surface area contributed by atoms with Gasteiger partial charge >= 0.3 is 0 Å². The maximum Gasteiger partial charge on any atom is 0.275 e. The molecular formula is C6H8ClN3O3. The Balaban J connectivity index is 0.00000144. The van der Waals surface area contributed by atoms with Crippen LogP contribution < -0.4 is 5.49 Å². The van der Waals surface area contributed by atoms with Crippen LogP contribution in [0.4, 0.5) is 5.69 Å². The molecule has 1 aromatic rings. The SMILES string of the molecule is Cc1cc([N+](=O)[O-])cc(=N)n1O.Cl. The van der Waals surface area contributed by atoms with Gasteiger partial charge in [-0.3, -0.25) is 15.5 Å². The first kappa shape index (κ1) is 11.4. The van der Waals surface area contributed by atoms with Crippen LogP contribution in [0.5, 0.6) is 0 Å². The summed E-state index contributed by atoms with van der Waals surface area (Å²) < 4.78 is 0.576. The molecule has 0 saturated heterocycles. The van der Waals surface area contributed by atoms with Gasteiger partial charge in [0.2, 0.25) is 0 Å². The fourth-order valence-corrected chi connectivity index (χ4v) is 0.813. The van der Waals surface area contributed by atoms with E-state index in [1.807, 2.05) is 0 Å². The van der Waals surface area contributed by atoms with Crippen molar-refractivity contribution in [3.8, 4) is 0 Å². The minimum absolute atomic E-state index is 0. The lowest BCUT2D eigenvalue weighted by Crippen LogP contribution is -2.19. The zero-order valence-corrected chi connectivity index (χ0v) is 7.54. The van der Waals surface area contributed by atoms with Gasteiger partial charge in [-0.05, 0) is 6.92 Å². The molecule has 0 radical (unpaired) electrons. The molecule has 7 heteroatoms. The van der Waals surface area contributed by atoms with Gasteiger partial charge in [0.25, 0.3) is 5.69 Å². The van der Waals surface area contributed by atoms with E-state index in [9.17, 15) is 10.1 Å². The summed E-state index contributed by atoms with van der Waals surface area (Å²) in [4.78, 5) is 9.64. The number of aryl methyl sites for hydroxylation is 1. The molecule has 13 heavy (non-hydrogen) atoms. The van der Waals surface area contributed by atoms with Crippen LogP contribution in [0, 0.1) is 22.4 Å². The molecule has 0 aliphatic heterocycles. The Labute approximate surface area is 79.5 Å². The highest BCUT2D eigenvalue weighted by Gasteiger charge is 2.07. The monoisotopic (exact) mass is 205 g/mol. The minimum Gasteiger partial charge on any atom is -0.427 e. The molecule has 0 atom stereocenters. The molecule has 0 aliphatic rings. The van der Waals surface area contributed by atoms with Gasteiger partial charge < -0.3 is 5.21 Å². The van der Waals surface area contributed by atoms with E-state index in [0.29, 0.717) is 4.73 Å². The number of aromatic nitrogens is 1. The zero-order valence-electron chi connectivity index (χ0n) is 6.72. The first-order valence-electron chi connectivity index (χ1n) is 3.14. The van der Waals surface area contributed by atoms with Crippen LogP contribution >= 0.6 is 12.4 Å². The molecule has 72 valence electrons. The molecule has 0 unspecified atom stereocenters. The standard InChI is InChI=1S/C6H7N3O3.ClH/c1-4-2-5(9(11)12)3-6(7)8(4)10;/h2-3,7,10H,1H3;1H. The number of hydrogen-bond acceptors (Lipinski definition) is 4. The number of rotatable bonds is 1. The average Bonchev–Trinajstić information content (AvgIpc) is 1.99. The quantitative estimate of drug-likeness (QED) is 0.404. The van der Waals surface area contributed by atoms with Crippen LogP contribution in [0.25, 0.3) is 0 Å². The molecular weight excluding hydrogens is 198 g/mol. The maximum atomic E-state index is 10.2. The Kier molecular flexibility index (Phi) is 3.43. The highest BCUT2D eigenvalue weighted by atomic mass is 35.5. The van der Waals surface area contributed by atoms with Crippen LogP contribution in [-0.4, -0.2) is 14.9 Å². The predicted molar refractivity (Wildman–Crippen MR) is 46.1 cm³/mol. The molecule has 6 nitrogen and oxygen atoms in total. The van der Waals surface area contributed by atoms with Gasteiger partial charge in [0.15, 0.2) is 5.49 Å². The Morgan fingerprint density at radius 3 is 2.54 bits per heavy atom. The maximum absolute atomic E-state index is 10.2. The minimum atomic E-state index is -0.606. The number of halogens is 1. The summed E-state index contributed by atoms with van der Waals surface area (Å²) >= 11 is 0. The lowest BCUT2D eigenvalue weighted by atomic mass is 10.3. The first-order chi connectivity index (χ1) is 5.52. The third-order valence-corrected chi connectivity index (χ3v) is 1.41. The number of nitrogens with zero attached hydrogens (tertiary/aromatic N) is 2. The summed E-state index contributed by atoms with van der Waals surface area (Å²) in [5, 5.41) is 26.4. The van der Waals surface area contributed by atoms with E-state index < -0.39 is 4.92 Å². The molecule has 0 amide bonds. The predicted octanol–water partition coefficient (Wildman–Crippen LogP) is 0.843. The number of nitrogens with one attached hydrogen (secondary N) is 1. The van der Waals surface area contributed by atoms with Crippen molar-refractivity contribution in [1.82, 2.24) is 4.73 Å². The molecule has 1 aromatic heterocycles. The Morgan fingerprint density at radius 1 is 1.62 bits per heavy atom. The topological polar surface area (TPSA) is 92.2 Å². The van der Waals surface area contributed by atoms with Gasteiger partial charge in [0, 0.05) is 6.07 Å². The van der Waals surface area contributed by atoms with Gasteiger partial charge in [-0.2, -0.15) is 4.73 Å². The molecule has 0 aliphatic carbocycles. The van der Waals surface area contributed by atoms with Gasteiger partial charge in [0.1, 0.15) is 0 Å². The van der Waals surface area contributed by atoms with E-state index in [1.54, 1.807) is 0 Å². The molecule has 1 rings (SSSR count). The summed E-state index contributed by atoms with van der Waals surface area (Å²) in [6, 6.07) is 2.17. The van der Waals surface area contributed by atoms with Gasteiger partial charge in [-0.25, -0.2) is 0 Å². The smallest absolute Gasteiger partial charge is 0.275 e. The molecule has 0 bridgehead atoms. The van der Waals surface area contributed by atoms with Crippen molar-refractivity contribution in [1.29, 1.82) is 5.41 Å². The molecule has 2 N–H and O–H groups in total. The zero-order chi connectivity index (χ0) is 9.30. The summed E-state index contributed by atoms with van der Waals surface area (Å²) in [6.45, 7) is 1.48. The van der Waals surface area contributed by atoms with E-state index in [1.165, 1.54) is 13.0 Å². The second-order valence-corrected chi connectivity index (χ2v) is 2.31. The van der Waals surface area contributed by atoms with E-state index in [-0.39, 0.29) is 29.3 Å². The Morgan fingerprint density at radius 2 is 2.15 bits per heavy atom. The van der Waals surface area contributed by atoms with Crippen LogP contribution in [0.15, 0.2) is 12.1 Å². The van der Waals surface area contributed by atoms with E-state index in [0.717, 1.165) is 6.07 Å². The molecule has 1 heterocycles.